The number of piperidine rings is 1. The van der Waals surface area contributed by atoms with Crippen molar-refractivity contribution >= 4 is 12.1 Å². The second-order valence-corrected chi connectivity index (χ2v) is 7.53. The van der Waals surface area contributed by atoms with E-state index in [1.165, 1.54) is 0 Å². The van der Waals surface area contributed by atoms with Crippen LogP contribution in [0.25, 0.3) is 0 Å². The Bertz CT molecular complexity index is 635. The van der Waals surface area contributed by atoms with Gasteiger partial charge in [-0.15, -0.1) is 0 Å². The number of nitrogens with zero attached hydrogens (tertiary/aromatic N) is 1. The van der Waals surface area contributed by atoms with Crippen molar-refractivity contribution in [2.75, 3.05) is 19.7 Å². The van der Waals surface area contributed by atoms with Crippen LogP contribution in [0.15, 0.2) is 18.2 Å². The number of carbonyl (C=O) groups is 2. The first-order valence-corrected chi connectivity index (χ1v) is 8.60. The lowest BCUT2D eigenvalue weighted by Crippen LogP contribution is -2.44. The molecule has 1 aliphatic heterocycles. The van der Waals surface area contributed by atoms with E-state index in [1.54, 1.807) is 30.0 Å². The number of carboxylic acid groups (broad SMARTS) is 1. The summed E-state index contributed by atoms with van der Waals surface area (Å²) in [4.78, 5) is 25.1. The molecule has 0 spiro atoms. The molecule has 6 heteroatoms. The van der Waals surface area contributed by atoms with Crippen LogP contribution in [0.2, 0.25) is 0 Å². The highest BCUT2D eigenvalue weighted by atomic mass is 16.6. The second kappa shape index (κ2) is 7.76. The molecule has 1 saturated heterocycles. The molecule has 1 fully saturated rings. The molecule has 1 aromatic rings. The van der Waals surface area contributed by atoms with Crippen LogP contribution < -0.4 is 4.74 Å². The molecule has 0 aromatic heterocycles. The minimum absolute atomic E-state index is 0.204. The molecule has 6 nitrogen and oxygen atoms in total. The van der Waals surface area contributed by atoms with Gasteiger partial charge < -0.3 is 19.5 Å². The van der Waals surface area contributed by atoms with Gasteiger partial charge in [-0.2, -0.15) is 0 Å². The number of hydrogen-bond donors (Lipinski definition) is 1. The van der Waals surface area contributed by atoms with Gasteiger partial charge >= 0.3 is 12.1 Å². The molecule has 1 aliphatic rings. The largest absolute Gasteiger partial charge is 0.493 e. The van der Waals surface area contributed by atoms with Gasteiger partial charge in [-0.1, -0.05) is 6.07 Å². The Kier molecular flexibility index (Phi) is 5.93. The van der Waals surface area contributed by atoms with Gasteiger partial charge in [-0.3, -0.25) is 0 Å². The van der Waals surface area contributed by atoms with E-state index in [0.29, 0.717) is 31.0 Å². The Morgan fingerprint density at radius 3 is 2.68 bits per heavy atom. The molecule has 0 saturated carbocycles. The van der Waals surface area contributed by atoms with E-state index in [2.05, 4.69) is 0 Å². The van der Waals surface area contributed by atoms with Gasteiger partial charge in [-0.05, 0) is 58.2 Å². The topological polar surface area (TPSA) is 76.1 Å². The summed E-state index contributed by atoms with van der Waals surface area (Å²) in [6.07, 6.45) is 1.58. The average Bonchev–Trinajstić information content (AvgIpc) is 2.52. The van der Waals surface area contributed by atoms with Crippen molar-refractivity contribution in [2.45, 2.75) is 46.1 Å². The number of hydrogen-bond acceptors (Lipinski definition) is 4. The lowest BCUT2D eigenvalue weighted by Gasteiger charge is -2.34. The summed E-state index contributed by atoms with van der Waals surface area (Å²) in [6.45, 7) is 9.05. The molecular weight excluding hydrogens is 322 g/mol. The van der Waals surface area contributed by atoms with Gasteiger partial charge in [0.25, 0.3) is 0 Å². The fourth-order valence-corrected chi connectivity index (χ4v) is 2.83. The van der Waals surface area contributed by atoms with E-state index < -0.39 is 11.6 Å². The average molecular weight is 349 g/mol. The monoisotopic (exact) mass is 349 g/mol. The maximum atomic E-state index is 12.2. The quantitative estimate of drug-likeness (QED) is 0.896. The molecule has 1 atom stereocenters. The number of likely N-dealkylation sites (tertiary alicyclic amines) is 1. The van der Waals surface area contributed by atoms with Crippen LogP contribution in [-0.2, 0) is 4.74 Å². The van der Waals surface area contributed by atoms with Gasteiger partial charge in [0.2, 0.25) is 0 Å². The highest BCUT2D eigenvalue weighted by Gasteiger charge is 2.28. The number of benzene rings is 1. The van der Waals surface area contributed by atoms with E-state index >= 15 is 0 Å². The first kappa shape index (κ1) is 19.1. The lowest BCUT2D eigenvalue weighted by molar-refractivity contribution is 0.0139. The standard InChI is InChI=1S/C19H27NO5/c1-13-7-8-15(10-16(13)17(21)22)24-12-14-6-5-9-20(11-14)18(23)25-19(2,3)4/h7-8,10,14H,5-6,9,11-12H2,1-4H3,(H,21,22)/t14-/m1/s1. The summed E-state index contributed by atoms with van der Waals surface area (Å²) in [7, 11) is 0. The highest BCUT2D eigenvalue weighted by molar-refractivity contribution is 5.89. The molecule has 138 valence electrons. The first-order chi connectivity index (χ1) is 11.7. The lowest BCUT2D eigenvalue weighted by atomic mass is 9.99. The summed E-state index contributed by atoms with van der Waals surface area (Å²) in [5.41, 5.74) is 0.445. The van der Waals surface area contributed by atoms with E-state index in [4.69, 9.17) is 9.47 Å². The van der Waals surface area contributed by atoms with Gasteiger partial charge in [0, 0.05) is 19.0 Å². The van der Waals surface area contributed by atoms with E-state index in [0.717, 1.165) is 12.8 Å². The molecule has 0 aliphatic carbocycles. The van der Waals surface area contributed by atoms with Crippen LogP contribution in [0, 0.1) is 12.8 Å². The van der Waals surface area contributed by atoms with Crippen LogP contribution in [0.3, 0.4) is 0 Å². The third-order valence-electron chi connectivity index (χ3n) is 4.10. The smallest absolute Gasteiger partial charge is 0.410 e. The SMILES string of the molecule is Cc1ccc(OC[C@@H]2CCCN(C(=O)OC(C)(C)C)C2)cc1C(=O)O. The van der Waals surface area contributed by atoms with Crippen molar-refractivity contribution in [3.8, 4) is 5.75 Å². The highest BCUT2D eigenvalue weighted by Crippen LogP contribution is 2.22. The number of amides is 1. The zero-order chi connectivity index (χ0) is 18.6. The molecule has 2 rings (SSSR count). The number of aromatic carboxylic acids is 1. The number of rotatable bonds is 4. The van der Waals surface area contributed by atoms with Crippen molar-refractivity contribution in [1.29, 1.82) is 0 Å². The minimum atomic E-state index is -0.961. The third kappa shape index (κ3) is 5.66. The molecule has 1 aromatic carbocycles. The predicted molar refractivity (Wildman–Crippen MR) is 94.2 cm³/mol. The molecule has 25 heavy (non-hydrogen) atoms. The fourth-order valence-electron chi connectivity index (χ4n) is 2.83. The van der Waals surface area contributed by atoms with Gasteiger partial charge in [0.05, 0.1) is 12.2 Å². The maximum absolute atomic E-state index is 12.2. The fraction of sp³-hybridized carbons (Fsp3) is 0.579. The summed E-state index contributed by atoms with van der Waals surface area (Å²) >= 11 is 0. The van der Waals surface area contributed by atoms with Gasteiger partial charge in [-0.25, -0.2) is 9.59 Å². The van der Waals surface area contributed by atoms with Crippen LogP contribution in [0.1, 0.15) is 49.5 Å². The van der Waals surface area contributed by atoms with Crippen LogP contribution in [0.4, 0.5) is 4.79 Å². The Morgan fingerprint density at radius 2 is 2.04 bits per heavy atom. The predicted octanol–water partition coefficient (Wildman–Crippen LogP) is 3.72. The van der Waals surface area contributed by atoms with E-state index in [-0.39, 0.29) is 17.6 Å². The number of carbonyl (C=O) groups excluding carboxylic acids is 1. The molecular formula is C19H27NO5. The molecule has 1 N–H and O–H groups in total. The summed E-state index contributed by atoms with van der Waals surface area (Å²) < 4.78 is 11.2. The van der Waals surface area contributed by atoms with Crippen molar-refractivity contribution in [2.24, 2.45) is 5.92 Å². The number of aryl methyl sites for hydroxylation is 1. The van der Waals surface area contributed by atoms with Gasteiger partial charge in [0.15, 0.2) is 0 Å². The molecule has 0 unspecified atom stereocenters. The van der Waals surface area contributed by atoms with Crippen molar-refractivity contribution in [3.63, 3.8) is 0 Å². The zero-order valence-electron chi connectivity index (χ0n) is 15.4. The Morgan fingerprint density at radius 1 is 1.32 bits per heavy atom. The summed E-state index contributed by atoms with van der Waals surface area (Å²) in [6, 6.07) is 5.06. The molecule has 1 amide bonds. The summed E-state index contributed by atoms with van der Waals surface area (Å²) in [5, 5.41) is 9.18. The van der Waals surface area contributed by atoms with E-state index in [9.17, 15) is 14.7 Å². The van der Waals surface area contributed by atoms with Crippen LogP contribution in [0.5, 0.6) is 5.75 Å². The Hall–Kier alpha value is -2.24. The van der Waals surface area contributed by atoms with Crippen LogP contribution in [-0.4, -0.2) is 47.4 Å². The molecule has 0 radical (unpaired) electrons. The first-order valence-electron chi connectivity index (χ1n) is 8.60. The van der Waals surface area contributed by atoms with Crippen LogP contribution >= 0.6 is 0 Å². The number of ether oxygens (including phenoxy) is 2. The normalized spacial score (nSPS) is 17.9. The Balaban J connectivity index is 1.92. The zero-order valence-corrected chi connectivity index (χ0v) is 15.4. The number of carboxylic acids is 1. The molecule has 0 bridgehead atoms. The molecule has 1 heterocycles. The second-order valence-electron chi connectivity index (χ2n) is 7.53. The van der Waals surface area contributed by atoms with Gasteiger partial charge in [0.1, 0.15) is 11.4 Å². The van der Waals surface area contributed by atoms with Crippen molar-refractivity contribution in [1.82, 2.24) is 4.90 Å². The minimum Gasteiger partial charge on any atom is -0.493 e. The van der Waals surface area contributed by atoms with Crippen molar-refractivity contribution < 1.29 is 24.2 Å². The Labute approximate surface area is 148 Å². The maximum Gasteiger partial charge on any atom is 0.410 e. The summed E-state index contributed by atoms with van der Waals surface area (Å²) in [5.74, 6) is -0.218. The van der Waals surface area contributed by atoms with E-state index in [1.807, 2.05) is 20.8 Å². The van der Waals surface area contributed by atoms with Crippen molar-refractivity contribution in [3.05, 3.63) is 29.3 Å². The third-order valence-corrected chi connectivity index (χ3v) is 4.10.